The largest absolute Gasteiger partial charge is 0.264 e. The lowest BCUT2D eigenvalue weighted by Crippen LogP contribution is -1.90. The SMILES string of the molecule is c1ccc(-c2ccc(-c3ccc4ccc5c(-c6cccnc6)ccc6ccc3c4c65)cc2)nc1. The summed E-state index contributed by atoms with van der Waals surface area (Å²) in [7, 11) is 0. The molecule has 0 saturated carbocycles. The zero-order valence-corrected chi connectivity index (χ0v) is 18.4. The molecule has 0 atom stereocenters. The highest BCUT2D eigenvalue weighted by Gasteiger charge is 2.14. The highest BCUT2D eigenvalue weighted by atomic mass is 14.7. The fourth-order valence-corrected chi connectivity index (χ4v) is 5.18. The molecule has 0 aliphatic carbocycles. The van der Waals surface area contributed by atoms with Gasteiger partial charge in [0, 0.05) is 29.7 Å². The van der Waals surface area contributed by atoms with E-state index in [-0.39, 0.29) is 0 Å². The molecule has 0 N–H and O–H groups in total. The van der Waals surface area contributed by atoms with Crippen LogP contribution in [0.15, 0.2) is 122 Å². The van der Waals surface area contributed by atoms with Gasteiger partial charge in [-0.3, -0.25) is 9.97 Å². The summed E-state index contributed by atoms with van der Waals surface area (Å²) < 4.78 is 0. The molecule has 0 aliphatic rings. The topological polar surface area (TPSA) is 25.8 Å². The van der Waals surface area contributed by atoms with Crippen LogP contribution >= 0.6 is 0 Å². The first-order chi connectivity index (χ1) is 16.9. The van der Waals surface area contributed by atoms with Gasteiger partial charge in [0.25, 0.3) is 0 Å². The molecule has 0 radical (unpaired) electrons. The second-order valence-electron chi connectivity index (χ2n) is 8.68. The van der Waals surface area contributed by atoms with Crippen molar-refractivity contribution in [1.82, 2.24) is 9.97 Å². The number of benzene rings is 5. The Labute approximate surface area is 197 Å². The molecule has 0 saturated heterocycles. The minimum absolute atomic E-state index is 0.993. The zero-order valence-electron chi connectivity index (χ0n) is 18.4. The van der Waals surface area contributed by atoms with Gasteiger partial charge in [-0.25, -0.2) is 0 Å². The molecular weight excluding hydrogens is 412 g/mol. The maximum absolute atomic E-state index is 4.49. The average molecular weight is 433 g/mol. The quantitative estimate of drug-likeness (QED) is 0.262. The summed E-state index contributed by atoms with van der Waals surface area (Å²) in [6, 6.07) is 36.9. The van der Waals surface area contributed by atoms with Gasteiger partial charge >= 0.3 is 0 Å². The van der Waals surface area contributed by atoms with E-state index >= 15 is 0 Å². The van der Waals surface area contributed by atoms with Gasteiger partial charge in [0.05, 0.1) is 5.69 Å². The number of rotatable bonds is 3. The van der Waals surface area contributed by atoms with Crippen molar-refractivity contribution in [3.05, 3.63) is 122 Å². The van der Waals surface area contributed by atoms with Gasteiger partial charge < -0.3 is 0 Å². The first-order valence-electron chi connectivity index (χ1n) is 11.5. The van der Waals surface area contributed by atoms with E-state index < -0.39 is 0 Å². The zero-order chi connectivity index (χ0) is 22.5. The number of hydrogen-bond donors (Lipinski definition) is 0. The summed E-state index contributed by atoms with van der Waals surface area (Å²) >= 11 is 0. The Hall–Kier alpha value is -4.56. The lowest BCUT2D eigenvalue weighted by atomic mass is 9.87. The third-order valence-corrected chi connectivity index (χ3v) is 6.79. The van der Waals surface area contributed by atoms with E-state index in [0.29, 0.717) is 0 Å². The molecule has 2 heteroatoms. The minimum atomic E-state index is 0.993. The van der Waals surface area contributed by atoms with Gasteiger partial charge in [-0.15, -0.1) is 0 Å². The first-order valence-corrected chi connectivity index (χ1v) is 11.5. The summed E-state index contributed by atoms with van der Waals surface area (Å²) in [4.78, 5) is 8.83. The van der Waals surface area contributed by atoms with Crippen molar-refractivity contribution in [2.45, 2.75) is 0 Å². The summed E-state index contributed by atoms with van der Waals surface area (Å²) in [6.45, 7) is 0. The highest BCUT2D eigenvalue weighted by Crippen LogP contribution is 2.42. The molecule has 2 aromatic heterocycles. The second kappa shape index (κ2) is 7.50. The van der Waals surface area contributed by atoms with Crippen molar-refractivity contribution in [3.63, 3.8) is 0 Å². The van der Waals surface area contributed by atoms with Crippen LogP contribution in [0.2, 0.25) is 0 Å². The molecule has 0 fully saturated rings. The second-order valence-corrected chi connectivity index (χ2v) is 8.68. The monoisotopic (exact) mass is 432 g/mol. The normalized spacial score (nSPS) is 11.5. The minimum Gasteiger partial charge on any atom is -0.264 e. The van der Waals surface area contributed by atoms with Crippen molar-refractivity contribution < 1.29 is 0 Å². The van der Waals surface area contributed by atoms with Crippen LogP contribution in [0.1, 0.15) is 0 Å². The predicted octanol–water partition coefficient (Wildman–Crippen LogP) is 8.38. The van der Waals surface area contributed by atoms with Crippen LogP contribution in [0.5, 0.6) is 0 Å². The van der Waals surface area contributed by atoms with Crippen LogP contribution in [-0.4, -0.2) is 9.97 Å². The van der Waals surface area contributed by atoms with Crippen molar-refractivity contribution in [3.8, 4) is 33.5 Å². The van der Waals surface area contributed by atoms with E-state index in [1.54, 1.807) is 0 Å². The molecule has 0 aliphatic heterocycles. The predicted molar refractivity (Wildman–Crippen MR) is 142 cm³/mol. The van der Waals surface area contributed by atoms with Gasteiger partial charge in [0.15, 0.2) is 0 Å². The maximum atomic E-state index is 4.49. The van der Waals surface area contributed by atoms with Crippen LogP contribution in [0, 0.1) is 0 Å². The third kappa shape index (κ3) is 2.89. The molecule has 2 nitrogen and oxygen atoms in total. The molecule has 7 aromatic rings. The van der Waals surface area contributed by atoms with Crippen LogP contribution in [0.25, 0.3) is 65.8 Å². The van der Waals surface area contributed by atoms with Gasteiger partial charge in [0.2, 0.25) is 0 Å². The average Bonchev–Trinajstić information content (AvgIpc) is 2.92. The molecule has 5 aromatic carbocycles. The van der Waals surface area contributed by atoms with Crippen LogP contribution in [0.4, 0.5) is 0 Å². The molecule has 34 heavy (non-hydrogen) atoms. The van der Waals surface area contributed by atoms with Crippen molar-refractivity contribution in [2.24, 2.45) is 0 Å². The van der Waals surface area contributed by atoms with Gasteiger partial charge in [-0.1, -0.05) is 84.9 Å². The van der Waals surface area contributed by atoms with Crippen LogP contribution < -0.4 is 0 Å². The Kier molecular flexibility index (Phi) is 4.18. The third-order valence-electron chi connectivity index (χ3n) is 6.79. The van der Waals surface area contributed by atoms with E-state index in [9.17, 15) is 0 Å². The molecule has 0 amide bonds. The van der Waals surface area contributed by atoms with E-state index in [1.807, 2.05) is 42.9 Å². The van der Waals surface area contributed by atoms with E-state index in [1.165, 1.54) is 49.0 Å². The fourth-order valence-electron chi connectivity index (χ4n) is 5.18. The molecule has 0 unspecified atom stereocenters. The summed E-state index contributed by atoms with van der Waals surface area (Å²) in [5, 5.41) is 7.74. The molecule has 2 heterocycles. The molecule has 0 spiro atoms. The van der Waals surface area contributed by atoms with Crippen LogP contribution in [0.3, 0.4) is 0 Å². The van der Waals surface area contributed by atoms with Gasteiger partial charge in [-0.2, -0.15) is 0 Å². The van der Waals surface area contributed by atoms with Crippen molar-refractivity contribution >= 4 is 32.3 Å². The lowest BCUT2D eigenvalue weighted by molar-refractivity contribution is 1.33. The summed E-state index contributed by atoms with van der Waals surface area (Å²) in [5.74, 6) is 0. The Bertz CT molecular complexity index is 1770. The van der Waals surface area contributed by atoms with Crippen molar-refractivity contribution in [1.29, 1.82) is 0 Å². The van der Waals surface area contributed by atoms with Gasteiger partial charge in [-0.05, 0) is 67.2 Å². The first kappa shape index (κ1) is 19.0. The van der Waals surface area contributed by atoms with E-state index in [2.05, 4.69) is 88.8 Å². The molecule has 158 valence electrons. The Morgan fingerprint density at radius 3 is 1.71 bits per heavy atom. The smallest absolute Gasteiger partial charge is 0.0701 e. The maximum Gasteiger partial charge on any atom is 0.0701 e. The summed E-state index contributed by atoms with van der Waals surface area (Å²) in [5.41, 5.74) is 6.95. The molecule has 0 bridgehead atoms. The van der Waals surface area contributed by atoms with Gasteiger partial charge in [0.1, 0.15) is 0 Å². The molecular formula is C32H20N2. The van der Waals surface area contributed by atoms with Crippen molar-refractivity contribution in [2.75, 3.05) is 0 Å². The Balaban J connectivity index is 1.46. The number of pyridine rings is 2. The molecule has 7 rings (SSSR count). The highest BCUT2D eigenvalue weighted by molar-refractivity contribution is 6.27. The Morgan fingerprint density at radius 1 is 0.441 bits per heavy atom. The van der Waals surface area contributed by atoms with E-state index in [0.717, 1.165) is 16.8 Å². The Morgan fingerprint density at radius 2 is 1.09 bits per heavy atom. The van der Waals surface area contributed by atoms with Crippen LogP contribution in [-0.2, 0) is 0 Å². The number of nitrogens with zero attached hydrogens (tertiary/aromatic N) is 2. The lowest BCUT2D eigenvalue weighted by Gasteiger charge is -2.16. The number of aromatic nitrogens is 2. The fraction of sp³-hybridized carbons (Fsp3) is 0. The summed E-state index contributed by atoms with van der Waals surface area (Å²) in [6.07, 6.45) is 5.61. The standard InChI is InChI=1S/C32H20N2/c1-2-19-34-30(5-1)22-8-6-21(7-9-22)26-14-10-23-13-17-29-27(25-4-3-18-33-20-25)15-11-24-12-16-28(26)31(23)32(24)29/h1-20H. The van der Waals surface area contributed by atoms with E-state index in [4.69, 9.17) is 0 Å². The number of hydrogen-bond acceptors (Lipinski definition) is 2.